The van der Waals surface area contributed by atoms with Crippen molar-refractivity contribution in [2.24, 2.45) is 5.92 Å². The third-order valence-corrected chi connectivity index (χ3v) is 8.78. The van der Waals surface area contributed by atoms with Gasteiger partial charge in [0.15, 0.2) is 0 Å². The van der Waals surface area contributed by atoms with E-state index in [0.717, 1.165) is 24.8 Å². The summed E-state index contributed by atoms with van der Waals surface area (Å²) in [5.41, 5.74) is 2.47. The first-order valence-corrected chi connectivity index (χ1v) is 13.5. The molecule has 1 amide bonds. The number of hydrogen-bond acceptors (Lipinski definition) is 6. The Hall–Kier alpha value is -2.75. The Labute approximate surface area is 207 Å². The average Bonchev–Trinajstić information content (AvgIpc) is 3.40. The number of aliphatic hydroxyl groups is 1. The molecule has 0 unspecified atom stereocenters. The molecule has 2 aromatic rings. The molecule has 0 radical (unpaired) electrons. The molecular formula is C26H33N3O5S. The van der Waals surface area contributed by atoms with E-state index in [1.807, 2.05) is 13.0 Å². The zero-order valence-corrected chi connectivity index (χ0v) is 21.2. The van der Waals surface area contributed by atoms with E-state index in [2.05, 4.69) is 11.1 Å². The number of nitrogens with zero attached hydrogens (tertiary/aromatic N) is 3. The molecule has 2 aliphatic rings. The zero-order valence-electron chi connectivity index (χ0n) is 20.4. The van der Waals surface area contributed by atoms with E-state index in [4.69, 9.17) is 4.74 Å². The van der Waals surface area contributed by atoms with Crippen LogP contribution in [0.1, 0.15) is 49.2 Å². The Morgan fingerprint density at radius 1 is 1.31 bits per heavy atom. The van der Waals surface area contributed by atoms with Crippen molar-refractivity contribution in [2.75, 3.05) is 26.7 Å². The van der Waals surface area contributed by atoms with E-state index in [9.17, 15) is 18.3 Å². The van der Waals surface area contributed by atoms with Crippen molar-refractivity contribution in [1.29, 1.82) is 0 Å². The van der Waals surface area contributed by atoms with Crippen LogP contribution < -0.4 is 4.74 Å². The highest BCUT2D eigenvalue weighted by atomic mass is 32.2. The summed E-state index contributed by atoms with van der Waals surface area (Å²) in [6, 6.07) is 9.81. The SMILES string of the molecule is C[C@H]1CN([C@@H](C)CO)S(=O)(=O)c2ccc(C3=CCCC3)cc2O[C@@H]1CN(C)C(=O)c1ccccn1. The summed E-state index contributed by atoms with van der Waals surface area (Å²) in [6.45, 7) is 3.72. The fourth-order valence-corrected chi connectivity index (χ4v) is 6.44. The predicted molar refractivity (Wildman–Crippen MR) is 133 cm³/mol. The fourth-order valence-electron chi connectivity index (χ4n) is 4.61. The summed E-state index contributed by atoms with van der Waals surface area (Å²) < 4.78 is 35.0. The molecule has 1 N–H and O–H groups in total. The minimum absolute atomic E-state index is 0.0794. The van der Waals surface area contributed by atoms with Gasteiger partial charge >= 0.3 is 0 Å². The standard InChI is InChI=1S/C26H33N3O5S/c1-18-15-29(19(2)17-30)35(32,33)25-12-11-21(20-8-4-5-9-20)14-23(25)34-24(18)16-28(3)26(31)22-10-6-7-13-27-22/h6-8,10-14,18-19,24,30H,4-5,9,15-17H2,1-3H3/t18-,19-,24+/m0/s1. The first kappa shape index (κ1) is 25.3. The van der Waals surface area contributed by atoms with E-state index in [-0.39, 0.29) is 42.2 Å². The predicted octanol–water partition coefficient (Wildman–Crippen LogP) is 3.19. The van der Waals surface area contributed by atoms with Crippen LogP contribution in [-0.2, 0) is 10.0 Å². The highest BCUT2D eigenvalue weighted by Crippen LogP contribution is 2.37. The molecule has 1 aliphatic heterocycles. The van der Waals surface area contributed by atoms with Crippen LogP contribution in [0.15, 0.2) is 53.6 Å². The lowest BCUT2D eigenvalue weighted by Gasteiger charge is -2.37. The third-order valence-electron chi connectivity index (χ3n) is 6.76. The summed E-state index contributed by atoms with van der Waals surface area (Å²) in [4.78, 5) is 18.7. The normalized spacial score (nSPS) is 22.8. The van der Waals surface area contributed by atoms with Crippen molar-refractivity contribution in [3.05, 3.63) is 59.9 Å². The Balaban J connectivity index is 1.72. The van der Waals surface area contributed by atoms with Gasteiger partial charge in [-0.25, -0.2) is 8.42 Å². The third kappa shape index (κ3) is 5.27. The molecule has 8 nitrogen and oxygen atoms in total. The van der Waals surface area contributed by atoms with Gasteiger partial charge in [0, 0.05) is 31.7 Å². The molecule has 4 rings (SSSR count). The van der Waals surface area contributed by atoms with Crippen LogP contribution in [0.5, 0.6) is 5.75 Å². The maximum Gasteiger partial charge on any atom is 0.272 e. The van der Waals surface area contributed by atoms with Gasteiger partial charge < -0.3 is 14.7 Å². The number of ether oxygens (including phenoxy) is 1. The number of carbonyl (C=O) groups is 1. The van der Waals surface area contributed by atoms with Crippen molar-refractivity contribution in [2.45, 2.75) is 50.2 Å². The van der Waals surface area contributed by atoms with Gasteiger partial charge in [0.2, 0.25) is 10.0 Å². The number of pyridine rings is 1. The highest BCUT2D eigenvalue weighted by molar-refractivity contribution is 7.89. The van der Waals surface area contributed by atoms with Crippen molar-refractivity contribution < 1.29 is 23.1 Å². The minimum atomic E-state index is -3.90. The Bertz CT molecular complexity index is 1200. The number of benzene rings is 1. The largest absolute Gasteiger partial charge is 0.487 e. The van der Waals surface area contributed by atoms with E-state index >= 15 is 0 Å². The van der Waals surface area contributed by atoms with Crippen LogP contribution in [0.4, 0.5) is 0 Å². The van der Waals surface area contributed by atoms with Gasteiger partial charge in [-0.15, -0.1) is 0 Å². The molecule has 35 heavy (non-hydrogen) atoms. The molecule has 1 aromatic carbocycles. The number of sulfonamides is 1. The van der Waals surface area contributed by atoms with Crippen molar-refractivity contribution in [3.63, 3.8) is 0 Å². The number of aliphatic hydroxyl groups excluding tert-OH is 1. The number of likely N-dealkylation sites (N-methyl/N-ethyl adjacent to an activating group) is 1. The average molecular weight is 500 g/mol. The van der Waals surface area contributed by atoms with Gasteiger partial charge in [-0.3, -0.25) is 9.78 Å². The molecule has 9 heteroatoms. The van der Waals surface area contributed by atoms with Gasteiger partial charge in [0.25, 0.3) is 5.91 Å². The zero-order chi connectivity index (χ0) is 25.2. The summed E-state index contributed by atoms with van der Waals surface area (Å²) in [7, 11) is -2.21. The topological polar surface area (TPSA) is 100 Å². The number of carbonyl (C=O) groups excluding carboxylic acids is 1. The molecule has 1 aliphatic carbocycles. The lowest BCUT2D eigenvalue weighted by atomic mass is 10.0. The molecular weight excluding hydrogens is 466 g/mol. The van der Waals surface area contributed by atoms with Gasteiger partial charge in [-0.05, 0) is 61.6 Å². The van der Waals surface area contributed by atoms with Gasteiger partial charge in [0.1, 0.15) is 22.4 Å². The monoisotopic (exact) mass is 499 g/mol. The second kappa shape index (κ2) is 10.5. The van der Waals surface area contributed by atoms with Crippen molar-refractivity contribution >= 4 is 21.5 Å². The second-order valence-corrected chi connectivity index (χ2v) is 11.3. The van der Waals surface area contributed by atoms with E-state index in [0.29, 0.717) is 5.69 Å². The molecule has 2 heterocycles. The lowest BCUT2D eigenvalue weighted by Crippen LogP contribution is -2.50. The van der Waals surface area contributed by atoms with Crippen LogP contribution in [-0.4, -0.2) is 72.5 Å². The van der Waals surface area contributed by atoms with Crippen molar-refractivity contribution in [3.8, 4) is 5.75 Å². The van der Waals surface area contributed by atoms with Crippen LogP contribution in [0.25, 0.3) is 5.57 Å². The molecule has 0 spiro atoms. The van der Waals surface area contributed by atoms with E-state index < -0.39 is 22.2 Å². The maximum atomic E-state index is 13.6. The first-order chi connectivity index (χ1) is 16.7. The molecule has 0 saturated heterocycles. The van der Waals surface area contributed by atoms with Gasteiger partial charge in [-0.2, -0.15) is 4.31 Å². The number of aromatic nitrogens is 1. The Morgan fingerprint density at radius 2 is 2.11 bits per heavy atom. The van der Waals surface area contributed by atoms with Gasteiger partial charge in [0.05, 0.1) is 13.2 Å². The smallest absolute Gasteiger partial charge is 0.272 e. The molecule has 3 atom stereocenters. The summed E-state index contributed by atoms with van der Waals surface area (Å²) in [5.74, 6) is -0.206. The van der Waals surface area contributed by atoms with Crippen molar-refractivity contribution in [1.82, 2.24) is 14.2 Å². The van der Waals surface area contributed by atoms with Crippen LogP contribution in [0.3, 0.4) is 0 Å². The first-order valence-electron chi connectivity index (χ1n) is 12.0. The number of hydrogen-bond donors (Lipinski definition) is 1. The number of allylic oxidation sites excluding steroid dienone is 2. The van der Waals surface area contributed by atoms with Crippen LogP contribution in [0.2, 0.25) is 0 Å². The number of fused-ring (bicyclic) bond motifs is 1. The Morgan fingerprint density at radius 3 is 2.77 bits per heavy atom. The van der Waals surface area contributed by atoms with E-state index in [1.165, 1.54) is 9.88 Å². The quantitative estimate of drug-likeness (QED) is 0.655. The number of rotatable bonds is 6. The maximum absolute atomic E-state index is 13.6. The Kier molecular flexibility index (Phi) is 7.59. The van der Waals surface area contributed by atoms with Crippen LogP contribution in [0, 0.1) is 5.92 Å². The molecule has 1 aromatic heterocycles. The van der Waals surface area contributed by atoms with Crippen LogP contribution >= 0.6 is 0 Å². The number of amides is 1. The molecule has 188 valence electrons. The fraction of sp³-hybridized carbons (Fsp3) is 0.462. The second-order valence-electron chi connectivity index (χ2n) is 9.42. The summed E-state index contributed by atoms with van der Waals surface area (Å²) in [5, 5.41) is 9.81. The summed E-state index contributed by atoms with van der Waals surface area (Å²) in [6.07, 6.45) is 6.31. The van der Waals surface area contributed by atoms with Gasteiger partial charge in [-0.1, -0.05) is 25.1 Å². The summed E-state index contributed by atoms with van der Waals surface area (Å²) >= 11 is 0. The van der Waals surface area contributed by atoms with E-state index in [1.54, 1.807) is 55.4 Å². The highest BCUT2D eigenvalue weighted by Gasteiger charge is 2.38. The minimum Gasteiger partial charge on any atom is -0.487 e. The lowest BCUT2D eigenvalue weighted by molar-refractivity contribution is 0.0559. The molecule has 0 bridgehead atoms. The molecule has 0 fully saturated rings. The molecule has 0 saturated carbocycles.